The summed E-state index contributed by atoms with van der Waals surface area (Å²) in [4.78, 5) is 0. The van der Waals surface area contributed by atoms with E-state index in [1.165, 1.54) is 31.7 Å². The third kappa shape index (κ3) is 8.76. The standard InChI is InChI=1S/C12H28OSi/c1-7-8-9-10-11-14(5,6)13-12(2,3)4/h7-11H2,1-6H3. The minimum atomic E-state index is -1.39. The molecule has 2 heteroatoms. The fraction of sp³-hybridized carbons (Fsp3) is 1.00. The Bertz CT molecular complexity index is 147. The quantitative estimate of drug-likeness (QED) is 0.466. The van der Waals surface area contributed by atoms with E-state index in [9.17, 15) is 0 Å². The summed E-state index contributed by atoms with van der Waals surface area (Å²) in [5.74, 6) is 0. The highest BCUT2D eigenvalue weighted by Crippen LogP contribution is 2.22. The van der Waals surface area contributed by atoms with Gasteiger partial charge in [0.15, 0.2) is 8.32 Å². The minimum Gasteiger partial charge on any atom is -0.413 e. The molecule has 0 N–H and O–H groups in total. The second-order valence-electron chi connectivity index (χ2n) is 5.78. The highest BCUT2D eigenvalue weighted by molar-refractivity contribution is 6.71. The monoisotopic (exact) mass is 216 g/mol. The Morgan fingerprint density at radius 3 is 2.00 bits per heavy atom. The molecule has 0 saturated heterocycles. The molecule has 0 spiro atoms. The van der Waals surface area contributed by atoms with Crippen molar-refractivity contribution in [3.05, 3.63) is 0 Å². The van der Waals surface area contributed by atoms with Crippen LogP contribution in [0.4, 0.5) is 0 Å². The Labute approximate surface area is 91.4 Å². The second kappa shape index (κ2) is 5.91. The average Bonchev–Trinajstić information content (AvgIpc) is 1.93. The van der Waals surface area contributed by atoms with Crippen molar-refractivity contribution < 1.29 is 4.43 Å². The molecular formula is C12H28OSi. The summed E-state index contributed by atoms with van der Waals surface area (Å²) in [5.41, 5.74) is 0.0421. The lowest BCUT2D eigenvalue weighted by Crippen LogP contribution is -2.38. The van der Waals surface area contributed by atoms with Gasteiger partial charge in [-0.2, -0.15) is 0 Å². The zero-order valence-electron chi connectivity index (χ0n) is 10.9. The summed E-state index contributed by atoms with van der Waals surface area (Å²) in [6.07, 6.45) is 5.42. The molecule has 0 aromatic rings. The lowest BCUT2D eigenvalue weighted by molar-refractivity contribution is 0.120. The first-order valence-electron chi connectivity index (χ1n) is 5.97. The molecule has 0 amide bonds. The topological polar surface area (TPSA) is 9.23 Å². The van der Waals surface area contributed by atoms with Gasteiger partial charge in [-0.15, -0.1) is 0 Å². The van der Waals surface area contributed by atoms with Crippen LogP contribution in [-0.2, 0) is 4.43 Å². The molecule has 0 radical (unpaired) electrons. The molecule has 0 bridgehead atoms. The molecule has 0 aliphatic carbocycles. The van der Waals surface area contributed by atoms with Gasteiger partial charge < -0.3 is 4.43 Å². The summed E-state index contributed by atoms with van der Waals surface area (Å²) in [5, 5.41) is 0. The van der Waals surface area contributed by atoms with Crippen LogP contribution in [-0.4, -0.2) is 13.9 Å². The number of hydrogen-bond donors (Lipinski definition) is 0. The lowest BCUT2D eigenvalue weighted by Gasteiger charge is -2.32. The molecule has 0 atom stereocenters. The molecule has 86 valence electrons. The Hall–Kier alpha value is 0.177. The molecule has 0 fully saturated rings. The molecule has 0 unspecified atom stereocenters. The average molecular weight is 216 g/mol. The molecule has 0 saturated carbocycles. The van der Waals surface area contributed by atoms with Crippen molar-refractivity contribution in [1.29, 1.82) is 0 Å². The molecule has 0 aliphatic heterocycles. The maximum Gasteiger partial charge on any atom is 0.187 e. The first-order chi connectivity index (χ1) is 6.27. The van der Waals surface area contributed by atoms with Crippen LogP contribution in [0.1, 0.15) is 53.4 Å². The molecule has 0 aromatic heterocycles. The van der Waals surface area contributed by atoms with E-state index in [0.717, 1.165) is 0 Å². The summed E-state index contributed by atoms with van der Waals surface area (Å²) in [7, 11) is -1.39. The first-order valence-corrected chi connectivity index (χ1v) is 9.08. The molecule has 0 rings (SSSR count). The van der Waals surface area contributed by atoms with E-state index in [2.05, 4.69) is 40.8 Å². The van der Waals surface area contributed by atoms with Crippen molar-refractivity contribution >= 4 is 8.32 Å². The molecule has 0 aromatic carbocycles. The zero-order valence-corrected chi connectivity index (χ0v) is 11.9. The SMILES string of the molecule is CCCCCC[Si](C)(C)OC(C)(C)C. The lowest BCUT2D eigenvalue weighted by atomic mass is 10.2. The van der Waals surface area contributed by atoms with Crippen LogP contribution >= 0.6 is 0 Å². The minimum absolute atomic E-state index is 0.0421. The summed E-state index contributed by atoms with van der Waals surface area (Å²) in [6, 6.07) is 1.31. The molecule has 1 nitrogen and oxygen atoms in total. The highest BCUT2D eigenvalue weighted by atomic mass is 28.4. The van der Waals surface area contributed by atoms with Crippen LogP contribution in [0.5, 0.6) is 0 Å². The van der Waals surface area contributed by atoms with Gasteiger partial charge in [0.05, 0.1) is 0 Å². The normalized spacial score (nSPS) is 13.3. The van der Waals surface area contributed by atoms with Crippen LogP contribution in [0.15, 0.2) is 0 Å². The predicted octanol–water partition coefficient (Wildman–Crippen LogP) is 4.59. The Kier molecular flexibility index (Phi) is 5.99. The van der Waals surface area contributed by atoms with Gasteiger partial charge in [0, 0.05) is 5.60 Å². The van der Waals surface area contributed by atoms with Crippen molar-refractivity contribution in [2.45, 2.75) is 78.1 Å². The van der Waals surface area contributed by atoms with Crippen molar-refractivity contribution in [3.63, 3.8) is 0 Å². The molecule has 14 heavy (non-hydrogen) atoms. The first kappa shape index (κ1) is 14.2. The summed E-state index contributed by atoms with van der Waals surface area (Å²) < 4.78 is 6.14. The Balaban J connectivity index is 3.72. The van der Waals surface area contributed by atoms with Crippen molar-refractivity contribution in [2.75, 3.05) is 0 Å². The van der Waals surface area contributed by atoms with Crippen molar-refractivity contribution in [2.24, 2.45) is 0 Å². The smallest absolute Gasteiger partial charge is 0.187 e. The highest BCUT2D eigenvalue weighted by Gasteiger charge is 2.27. The van der Waals surface area contributed by atoms with Gasteiger partial charge in [0.2, 0.25) is 0 Å². The van der Waals surface area contributed by atoms with E-state index in [1.807, 2.05) is 0 Å². The van der Waals surface area contributed by atoms with Gasteiger partial charge in [0.1, 0.15) is 0 Å². The van der Waals surface area contributed by atoms with Crippen LogP contribution in [0.3, 0.4) is 0 Å². The van der Waals surface area contributed by atoms with Crippen molar-refractivity contribution in [3.8, 4) is 0 Å². The largest absolute Gasteiger partial charge is 0.413 e. The number of hydrogen-bond acceptors (Lipinski definition) is 1. The van der Waals surface area contributed by atoms with E-state index in [4.69, 9.17) is 4.43 Å². The van der Waals surface area contributed by atoms with E-state index in [-0.39, 0.29) is 5.60 Å². The van der Waals surface area contributed by atoms with E-state index in [1.54, 1.807) is 0 Å². The Morgan fingerprint density at radius 1 is 1.00 bits per heavy atom. The van der Waals surface area contributed by atoms with Crippen LogP contribution in [0.2, 0.25) is 19.1 Å². The maximum absolute atomic E-state index is 6.14. The number of unbranched alkanes of at least 4 members (excludes halogenated alkanes) is 3. The third-order valence-electron chi connectivity index (χ3n) is 2.21. The summed E-state index contributed by atoms with van der Waals surface area (Å²) >= 11 is 0. The second-order valence-corrected chi connectivity index (χ2v) is 10.0. The summed E-state index contributed by atoms with van der Waals surface area (Å²) in [6.45, 7) is 13.4. The predicted molar refractivity (Wildman–Crippen MR) is 67.3 cm³/mol. The van der Waals surface area contributed by atoms with Crippen LogP contribution in [0.25, 0.3) is 0 Å². The molecule has 0 aliphatic rings. The number of rotatable bonds is 6. The fourth-order valence-corrected chi connectivity index (χ4v) is 4.72. The van der Waals surface area contributed by atoms with Gasteiger partial charge in [-0.25, -0.2) is 0 Å². The van der Waals surface area contributed by atoms with E-state index >= 15 is 0 Å². The van der Waals surface area contributed by atoms with Crippen LogP contribution < -0.4 is 0 Å². The van der Waals surface area contributed by atoms with Crippen molar-refractivity contribution in [1.82, 2.24) is 0 Å². The Morgan fingerprint density at radius 2 is 1.57 bits per heavy atom. The van der Waals surface area contributed by atoms with Crippen LogP contribution in [0, 0.1) is 0 Å². The van der Waals surface area contributed by atoms with Gasteiger partial charge >= 0.3 is 0 Å². The van der Waals surface area contributed by atoms with Gasteiger partial charge in [-0.1, -0.05) is 32.6 Å². The fourth-order valence-electron chi connectivity index (χ4n) is 1.86. The van der Waals surface area contributed by atoms with Gasteiger partial charge in [-0.3, -0.25) is 0 Å². The van der Waals surface area contributed by atoms with E-state index in [0.29, 0.717) is 0 Å². The zero-order chi connectivity index (χ0) is 11.2. The van der Waals surface area contributed by atoms with Gasteiger partial charge in [-0.05, 0) is 39.9 Å². The maximum atomic E-state index is 6.14. The van der Waals surface area contributed by atoms with E-state index < -0.39 is 8.32 Å². The molecule has 0 heterocycles. The third-order valence-corrected chi connectivity index (χ3v) is 4.94. The van der Waals surface area contributed by atoms with Gasteiger partial charge in [0.25, 0.3) is 0 Å². The molecular weight excluding hydrogens is 188 g/mol.